The Labute approximate surface area is 68.0 Å². The molecule has 1 rings (SSSR count). The van der Waals surface area contributed by atoms with Crippen molar-refractivity contribution in [3.8, 4) is 5.75 Å². The van der Waals surface area contributed by atoms with E-state index in [1.54, 1.807) is 0 Å². The fourth-order valence-corrected chi connectivity index (χ4v) is 0.815. The summed E-state index contributed by atoms with van der Waals surface area (Å²) in [5.41, 5.74) is 0. The molecule has 1 heteroatoms. The van der Waals surface area contributed by atoms with Gasteiger partial charge in [0.1, 0.15) is 5.75 Å². The van der Waals surface area contributed by atoms with Gasteiger partial charge in [0.15, 0.2) is 0 Å². The van der Waals surface area contributed by atoms with Gasteiger partial charge in [0.05, 0.1) is 6.10 Å². The van der Waals surface area contributed by atoms with E-state index in [-0.39, 0.29) is 0 Å². The van der Waals surface area contributed by atoms with Crippen LogP contribution in [0.15, 0.2) is 30.3 Å². The van der Waals surface area contributed by atoms with Crippen LogP contribution in [0.5, 0.6) is 5.75 Å². The van der Waals surface area contributed by atoms with Crippen molar-refractivity contribution in [1.82, 2.24) is 0 Å². The molecule has 11 heavy (non-hydrogen) atoms. The van der Waals surface area contributed by atoms with Crippen molar-refractivity contribution in [3.05, 3.63) is 30.3 Å². The SMILES string of the molecule is CC[C@H](C)Oc1ccccc1. The molecule has 0 N–H and O–H groups in total. The smallest absolute Gasteiger partial charge is 0.119 e. The first-order chi connectivity index (χ1) is 5.33. The summed E-state index contributed by atoms with van der Waals surface area (Å²) in [6.07, 6.45) is 1.37. The van der Waals surface area contributed by atoms with Crippen molar-refractivity contribution in [1.29, 1.82) is 0 Å². The Hall–Kier alpha value is -0.980. The number of ether oxygens (including phenoxy) is 1. The van der Waals surface area contributed by atoms with Crippen LogP contribution in [0.2, 0.25) is 0 Å². The van der Waals surface area contributed by atoms with Crippen molar-refractivity contribution >= 4 is 0 Å². The second kappa shape index (κ2) is 4.02. The maximum Gasteiger partial charge on any atom is 0.119 e. The first kappa shape index (κ1) is 8.12. The Balaban J connectivity index is 2.51. The second-order valence-electron chi connectivity index (χ2n) is 2.65. The Kier molecular flexibility index (Phi) is 2.96. The van der Waals surface area contributed by atoms with Gasteiger partial charge in [-0.2, -0.15) is 0 Å². The molecule has 1 aromatic rings. The van der Waals surface area contributed by atoms with Crippen LogP contribution >= 0.6 is 0 Å². The van der Waals surface area contributed by atoms with Crippen LogP contribution in [0.3, 0.4) is 0 Å². The molecule has 0 amide bonds. The highest BCUT2D eigenvalue weighted by atomic mass is 16.5. The van der Waals surface area contributed by atoms with Gasteiger partial charge in [0.25, 0.3) is 0 Å². The predicted molar refractivity (Wildman–Crippen MR) is 46.8 cm³/mol. The molecule has 1 atom stereocenters. The largest absolute Gasteiger partial charge is 0.491 e. The lowest BCUT2D eigenvalue weighted by atomic mass is 10.3. The Morgan fingerprint density at radius 3 is 2.45 bits per heavy atom. The molecule has 0 aliphatic heterocycles. The molecule has 0 heterocycles. The Bertz CT molecular complexity index is 193. The maximum atomic E-state index is 5.56. The lowest BCUT2D eigenvalue weighted by Gasteiger charge is -2.11. The average molecular weight is 150 g/mol. The summed E-state index contributed by atoms with van der Waals surface area (Å²) in [6, 6.07) is 9.91. The van der Waals surface area contributed by atoms with E-state index >= 15 is 0 Å². The average Bonchev–Trinajstić information content (AvgIpc) is 2.06. The Morgan fingerprint density at radius 1 is 1.27 bits per heavy atom. The van der Waals surface area contributed by atoms with Crippen LogP contribution < -0.4 is 4.74 Å². The zero-order valence-electron chi connectivity index (χ0n) is 7.08. The summed E-state index contributed by atoms with van der Waals surface area (Å²) < 4.78 is 5.56. The standard InChI is InChI=1S/C10H14O/c1-3-9(2)11-10-7-5-4-6-8-10/h4-9H,3H2,1-2H3/t9-/m0/s1. The van der Waals surface area contributed by atoms with Gasteiger partial charge in [0, 0.05) is 0 Å². The third-order valence-electron chi connectivity index (χ3n) is 1.66. The lowest BCUT2D eigenvalue weighted by molar-refractivity contribution is 0.217. The molecule has 0 bridgehead atoms. The van der Waals surface area contributed by atoms with E-state index < -0.39 is 0 Å². The van der Waals surface area contributed by atoms with Gasteiger partial charge in [-0.1, -0.05) is 25.1 Å². The summed E-state index contributed by atoms with van der Waals surface area (Å²) in [5, 5.41) is 0. The third kappa shape index (κ3) is 2.62. The van der Waals surface area contributed by atoms with E-state index in [4.69, 9.17) is 4.74 Å². The zero-order chi connectivity index (χ0) is 8.10. The van der Waals surface area contributed by atoms with Crippen LogP contribution in [0.25, 0.3) is 0 Å². The molecule has 0 aromatic heterocycles. The maximum absolute atomic E-state index is 5.56. The first-order valence-electron chi connectivity index (χ1n) is 4.04. The van der Waals surface area contributed by atoms with Crippen molar-refractivity contribution in [2.24, 2.45) is 0 Å². The van der Waals surface area contributed by atoms with Gasteiger partial charge in [-0.05, 0) is 25.5 Å². The van der Waals surface area contributed by atoms with Crippen molar-refractivity contribution in [2.45, 2.75) is 26.4 Å². The van der Waals surface area contributed by atoms with Crippen LogP contribution in [-0.2, 0) is 0 Å². The first-order valence-corrected chi connectivity index (χ1v) is 4.04. The molecule has 1 aromatic carbocycles. The summed E-state index contributed by atoms with van der Waals surface area (Å²) in [4.78, 5) is 0. The minimum atomic E-state index is 0.317. The third-order valence-corrected chi connectivity index (χ3v) is 1.66. The van der Waals surface area contributed by atoms with Gasteiger partial charge >= 0.3 is 0 Å². The molecule has 60 valence electrons. The molecular formula is C10H14O. The molecule has 0 aliphatic carbocycles. The molecule has 0 spiro atoms. The number of hydrogen-bond acceptors (Lipinski definition) is 1. The van der Waals surface area contributed by atoms with E-state index in [9.17, 15) is 0 Å². The summed E-state index contributed by atoms with van der Waals surface area (Å²) in [6.45, 7) is 4.20. The monoisotopic (exact) mass is 150 g/mol. The number of benzene rings is 1. The molecular weight excluding hydrogens is 136 g/mol. The van der Waals surface area contributed by atoms with E-state index in [1.807, 2.05) is 30.3 Å². The second-order valence-corrected chi connectivity index (χ2v) is 2.65. The van der Waals surface area contributed by atoms with Crippen molar-refractivity contribution in [3.63, 3.8) is 0 Å². The van der Waals surface area contributed by atoms with E-state index in [2.05, 4.69) is 13.8 Å². The van der Waals surface area contributed by atoms with Crippen LogP contribution in [0.1, 0.15) is 20.3 Å². The van der Waals surface area contributed by atoms with Crippen LogP contribution in [-0.4, -0.2) is 6.10 Å². The lowest BCUT2D eigenvalue weighted by Crippen LogP contribution is -2.09. The van der Waals surface area contributed by atoms with Crippen molar-refractivity contribution in [2.75, 3.05) is 0 Å². The highest BCUT2D eigenvalue weighted by Crippen LogP contribution is 2.11. The molecule has 0 fully saturated rings. The molecule has 0 radical (unpaired) electrons. The van der Waals surface area contributed by atoms with E-state index in [1.165, 1.54) is 0 Å². The fraction of sp³-hybridized carbons (Fsp3) is 0.400. The summed E-state index contributed by atoms with van der Waals surface area (Å²) in [5.74, 6) is 0.960. The molecule has 0 aliphatic rings. The summed E-state index contributed by atoms with van der Waals surface area (Å²) in [7, 11) is 0. The Morgan fingerprint density at radius 2 is 1.91 bits per heavy atom. The van der Waals surface area contributed by atoms with E-state index in [0.29, 0.717) is 6.10 Å². The molecule has 0 unspecified atom stereocenters. The van der Waals surface area contributed by atoms with Gasteiger partial charge < -0.3 is 4.74 Å². The van der Waals surface area contributed by atoms with Gasteiger partial charge in [-0.3, -0.25) is 0 Å². The van der Waals surface area contributed by atoms with Gasteiger partial charge in [-0.25, -0.2) is 0 Å². The fourth-order valence-electron chi connectivity index (χ4n) is 0.815. The molecule has 0 saturated carbocycles. The van der Waals surface area contributed by atoms with Gasteiger partial charge in [-0.15, -0.1) is 0 Å². The minimum Gasteiger partial charge on any atom is -0.491 e. The van der Waals surface area contributed by atoms with Crippen LogP contribution in [0.4, 0.5) is 0 Å². The number of rotatable bonds is 3. The highest BCUT2D eigenvalue weighted by Gasteiger charge is 1.97. The van der Waals surface area contributed by atoms with E-state index in [0.717, 1.165) is 12.2 Å². The number of para-hydroxylation sites is 1. The molecule has 0 saturated heterocycles. The van der Waals surface area contributed by atoms with Crippen molar-refractivity contribution < 1.29 is 4.74 Å². The predicted octanol–water partition coefficient (Wildman–Crippen LogP) is 2.86. The van der Waals surface area contributed by atoms with Crippen LogP contribution in [0, 0.1) is 0 Å². The van der Waals surface area contributed by atoms with Gasteiger partial charge in [0.2, 0.25) is 0 Å². The zero-order valence-corrected chi connectivity index (χ0v) is 7.08. The minimum absolute atomic E-state index is 0.317. The number of hydrogen-bond donors (Lipinski definition) is 0. The summed E-state index contributed by atoms with van der Waals surface area (Å²) >= 11 is 0. The molecule has 1 nitrogen and oxygen atoms in total. The quantitative estimate of drug-likeness (QED) is 0.643. The topological polar surface area (TPSA) is 9.23 Å². The normalized spacial score (nSPS) is 12.5. The highest BCUT2D eigenvalue weighted by molar-refractivity contribution is 5.21.